The first-order chi connectivity index (χ1) is 12.0. The zero-order valence-electron chi connectivity index (χ0n) is 13.9. The molecular formula is C18H21N3O4. The van der Waals surface area contributed by atoms with E-state index < -0.39 is 11.6 Å². The number of aromatic hydroxyl groups is 1. The number of nitrogens with one attached hydrogen (secondary N) is 2. The summed E-state index contributed by atoms with van der Waals surface area (Å²) in [5, 5.41) is 15.2. The van der Waals surface area contributed by atoms with Crippen LogP contribution in [0.2, 0.25) is 0 Å². The molecule has 1 aromatic carbocycles. The summed E-state index contributed by atoms with van der Waals surface area (Å²) in [6, 6.07) is 3.07. The number of carbonyl (C=O) groups excluding carboxylic acids is 3. The number of amides is 4. The summed E-state index contributed by atoms with van der Waals surface area (Å²) < 4.78 is 0. The molecule has 4 rings (SSSR count). The largest absolute Gasteiger partial charge is 0.507 e. The number of nitrogens with zero attached hydrogens (tertiary/aromatic N) is 1. The number of benzene rings is 1. The van der Waals surface area contributed by atoms with Crippen LogP contribution in [0.15, 0.2) is 12.1 Å². The molecule has 132 valence electrons. The monoisotopic (exact) mass is 343 g/mol. The molecule has 0 bridgehead atoms. The molecule has 4 amide bonds. The van der Waals surface area contributed by atoms with Crippen molar-refractivity contribution >= 4 is 17.8 Å². The van der Waals surface area contributed by atoms with Crippen LogP contribution in [0.3, 0.4) is 0 Å². The first-order valence-corrected chi connectivity index (χ1v) is 8.76. The van der Waals surface area contributed by atoms with Crippen LogP contribution in [0.25, 0.3) is 0 Å². The van der Waals surface area contributed by atoms with Crippen molar-refractivity contribution in [1.82, 2.24) is 15.5 Å². The Bertz CT molecular complexity index is 766. The van der Waals surface area contributed by atoms with Gasteiger partial charge in [0.1, 0.15) is 11.3 Å². The fourth-order valence-corrected chi connectivity index (χ4v) is 4.09. The van der Waals surface area contributed by atoms with Crippen LogP contribution in [0.4, 0.5) is 4.79 Å². The number of carbonyl (C=O) groups is 3. The molecule has 2 heterocycles. The van der Waals surface area contributed by atoms with Crippen LogP contribution < -0.4 is 10.6 Å². The van der Waals surface area contributed by atoms with Gasteiger partial charge in [-0.3, -0.25) is 14.9 Å². The predicted octanol–water partition coefficient (Wildman–Crippen LogP) is 1.09. The van der Waals surface area contributed by atoms with Gasteiger partial charge in [-0.15, -0.1) is 0 Å². The molecule has 7 nitrogen and oxygen atoms in total. The maximum atomic E-state index is 12.8. The summed E-state index contributed by atoms with van der Waals surface area (Å²) >= 11 is 0. The maximum absolute atomic E-state index is 12.8. The first kappa shape index (κ1) is 15.9. The lowest BCUT2D eigenvalue weighted by Crippen LogP contribution is -2.55. The molecular weight excluding hydrogens is 322 g/mol. The highest BCUT2D eigenvalue weighted by Crippen LogP contribution is 2.31. The Kier molecular flexibility index (Phi) is 3.67. The van der Waals surface area contributed by atoms with Crippen LogP contribution in [0, 0.1) is 0 Å². The highest BCUT2D eigenvalue weighted by atomic mass is 16.3. The topological polar surface area (TPSA) is 98.7 Å². The summed E-state index contributed by atoms with van der Waals surface area (Å²) in [5.41, 5.74) is 1.70. The number of piperidine rings is 1. The predicted molar refractivity (Wildman–Crippen MR) is 89.3 cm³/mol. The summed E-state index contributed by atoms with van der Waals surface area (Å²) in [6.07, 6.45) is 4.85. The third-order valence-electron chi connectivity index (χ3n) is 5.61. The quantitative estimate of drug-likeness (QED) is 0.665. The lowest BCUT2D eigenvalue weighted by molar-refractivity contribution is -0.125. The molecule has 2 saturated heterocycles. The smallest absolute Gasteiger partial charge is 0.322 e. The Morgan fingerprint density at radius 2 is 1.72 bits per heavy atom. The molecule has 2 aliphatic heterocycles. The van der Waals surface area contributed by atoms with E-state index in [0.717, 1.165) is 36.8 Å². The Morgan fingerprint density at radius 1 is 1.08 bits per heavy atom. The van der Waals surface area contributed by atoms with E-state index in [4.69, 9.17) is 0 Å². The molecule has 1 aliphatic carbocycles. The number of fused-ring (bicyclic) bond motifs is 1. The Balaban J connectivity index is 1.51. The van der Waals surface area contributed by atoms with Gasteiger partial charge in [0.05, 0.1) is 5.56 Å². The van der Waals surface area contributed by atoms with Crippen molar-refractivity contribution in [1.29, 1.82) is 0 Å². The fourth-order valence-electron chi connectivity index (χ4n) is 4.09. The van der Waals surface area contributed by atoms with Crippen molar-refractivity contribution in [2.24, 2.45) is 0 Å². The van der Waals surface area contributed by atoms with Crippen LogP contribution in [-0.2, 0) is 17.6 Å². The normalized spacial score (nSPS) is 21.7. The molecule has 0 radical (unpaired) electrons. The average molecular weight is 343 g/mol. The van der Waals surface area contributed by atoms with E-state index in [0.29, 0.717) is 31.5 Å². The minimum absolute atomic E-state index is 0.0258. The first-order valence-electron chi connectivity index (χ1n) is 8.76. The third-order valence-corrected chi connectivity index (χ3v) is 5.61. The zero-order chi connectivity index (χ0) is 17.6. The van der Waals surface area contributed by atoms with Crippen molar-refractivity contribution in [2.45, 2.75) is 44.1 Å². The van der Waals surface area contributed by atoms with Crippen LogP contribution in [-0.4, -0.2) is 46.5 Å². The van der Waals surface area contributed by atoms with Gasteiger partial charge < -0.3 is 15.3 Å². The van der Waals surface area contributed by atoms with Crippen molar-refractivity contribution in [3.63, 3.8) is 0 Å². The van der Waals surface area contributed by atoms with Crippen LogP contribution in [0.5, 0.6) is 5.75 Å². The number of likely N-dealkylation sites (tertiary alicyclic amines) is 1. The minimum atomic E-state index is -0.897. The van der Waals surface area contributed by atoms with Gasteiger partial charge in [-0.25, -0.2) is 4.79 Å². The van der Waals surface area contributed by atoms with Crippen molar-refractivity contribution in [2.75, 3.05) is 13.1 Å². The van der Waals surface area contributed by atoms with E-state index in [9.17, 15) is 19.5 Å². The molecule has 0 unspecified atom stereocenters. The summed E-state index contributed by atoms with van der Waals surface area (Å²) in [6.45, 7) is 0.728. The molecule has 0 atom stereocenters. The van der Waals surface area contributed by atoms with Gasteiger partial charge >= 0.3 is 6.03 Å². The molecule has 0 saturated carbocycles. The number of hydrogen-bond donors (Lipinski definition) is 3. The SMILES string of the molecule is O=C1NC(=O)C2(CCN(C(=O)c3cc4c(cc3O)CCCC4)CC2)N1. The molecule has 25 heavy (non-hydrogen) atoms. The van der Waals surface area contributed by atoms with Gasteiger partial charge in [0.15, 0.2) is 0 Å². The Hall–Kier alpha value is -2.57. The van der Waals surface area contributed by atoms with E-state index in [-0.39, 0.29) is 17.6 Å². The molecule has 7 heteroatoms. The lowest BCUT2D eigenvalue weighted by atomic mass is 9.87. The number of imide groups is 1. The van der Waals surface area contributed by atoms with Crippen molar-refractivity contribution < 1.29 is 19.5 Å². The number of rotatable bonds is 1. The van der Waals surface area contributed by atoms with E-state index in [2.05, 4.69) is 10.6 Å². The van der Waals surface area contributed by atoms with Gasteiger partial charge in [0, 0.05) is 13.1 Å². The number of hydrogen-bond acceptors (Lipinski definition) is 4. The standard InChI is InChI=1S/C18H21N3O4/c22-14-10-12-4-2-1-3-11(12)9-13(14)15(23)21-7-5-18(6-8-21)16(24)19-17(25)20-18/h9-10,22H,1-8H2,(H2,19,20,24,25). The summed E-state index contributed by atoms with van der Waals surface area (Å²) in [7, 11) is 0. The van der Waals surface area contributed by atoms with Gasteiger partial charge in [0.2, 0.25) is 0 Å². The highest BCUT2D eigenvalue weighted by Gasteiger charge is 2.48. The molecule has 1 aromatic rings. The second-order valence-corrected chi connectivity index (χ2v) is 7.13. The van der Waals surface area contributed by atoms with Gasteiger partial charge in [-0.2, -0.15) is 0 Å². The minimum Gasteiger partial charge on any atom is -0.507 e. The molecule has 0 aromatic heterocycles. The molecule has 3 aliphatic rings. The second kappa shape index (κ2) is 5.75. The highest BCUT2D eigenvalue weighted by molar-refractivity contribution is 6.07. The zero-order valence-corrected chi connectivity index (χ0v) is 13.9. The molecule has 1 spiro atoms. The van der Waals surface area contributed by atoms with Crippen molar-refractivity contribution in [3.8, 4) is 5.75 Å². The average Bonchev–Trinajstić information content (AvgIpc) is 2.87. The van der Waals surface area contributed by atoms with Gasteiger partial charge in [-0.1, -0.05) is 0 Å². The summed E-state index contributed by atoms with van der Waals surface area (Å²) in [4.78, 5) is 37.9. The van der Waals surface area contributed by atoms with Crippen LogP contribution >= 0.6 is 0 Å². The van der Waals surface area contributed by atoms with E-state index in [1.165, 1.54) is 0 Å². The second-order valence-electron chi connectivity index (χ2n) is 7.13. The van der Waals surface area contributed by atoms with Gasteiger partial charge in [-0.05, 0) is 61.8 Å². The van der Waals surface area contributed by atoms with Crippen molar-refractivity contribution in [3.05, 3.63) is 28.8 Å². The van der Waals surface area contributed by atoms with Gasteiger partial charge in [0.25, 0.3) is 11.8 Å². The fraction of sp³-hybridized carbons (Fsp3) is 0.500. The summed E-state index contributed by atoms with van der Waals surface area (Å²) in [5.74, 6) is -0.510. The van der Waals surface area contributed by atoms with E-state index in [1.54, 1.807) is 11.0 Å². The number of urea groups is 1. The van der Waals surface area contributed by atoms with E-state index in [1.807, 2.05) is 6.07 Å². The number of phenolic OH excluding ortho intramolecular Hbond substituents is 1. The lowest BCUT2D eigenvalue weighted by Gasteiger charge is -2.37. The maximum Gasteiger partial charge on any atom is 0.322 e. The Morgan fingerprint density at radius 3 is 2.32 bits per heavy atom. The Labute approximate surface area is 145 Å². The molecule has 3 N–H and O–H groups in total. The van der Waals surface area contributed by atoms with Crippen LogP contribution in [0.1, 0.15) is 47.2 Å². The van der Waals surface area contributed by atoms with E-state index >= 15 is 0 Å². The number of aryl methyl sites for hydroxylation is 2. The number of phenols is 1. The third kappa shape index (κ3) is 2.63. The molecule has 2 fully saturated rings.